The fourth-order valence-electron chi connectivity index (χ4n) is 2.94. The number of hydrogen-bond donors (Lipinski definition) is 1. The minimum absolute atomic E-state index is 0.0443. The zero-order valence-electron chi connectivity index (χ0n) is 15.4. The summed E-state index contributed by atoms with van der Waals surface area (Å²) in [5, 5.41) is 16.3. The molecule has 0 atom stereocenters. The summed E-state index contributed by atoms with van der Waals surface area (Å²) in [6.07, 6.45) is 4.63. The maximum atomic E-state index is 12.6. The van der Waals surface area contributed by atoms with Crippen LogP contribution in [0.15, 0.2) is 54.6 Å². The molecule has 0 radical (unpaired) electrons. The summed E-state index contributed by atoms with van der Waals surface area (Å²) in [6, 6.07) is 13.3. The van der Waals surface area contributed by atoms with Gasteiger partial charge < -0.3 is 5.32 Å². The first-order valence-electron chi connectivity index (χ1n) is 8.44. The summed E-state index contributed by atoms with van der Waals surface area (Å²) in [5.41, 5.74) is 5.45. The summed E-state index contributed by atoms with van der Waals surface area (Å²) in [7, 11) is 0. The largest absolute Gasteiger partial charge is 0.321 e. The Labute approximate surface area is 157 Å². The van der Waals surface area contributed by atoms with E-state index in [1.807, 2.05) is 63.2 Å². The molecule has 0 aliphatic rings. The van der Waals surface area contributed by atoms with Gasteiger partial charge in [0, 0.05) is 5.69 Å². The van der Waals surface area contributed by atoms with Crippen LogP contribution in [-0.4, -0.2) is 20.7 Å². The minimum atomic E-state index is -0.423. The van der Waals surface area contributed by atoms with E-state index in [0.29, 0.717) is 0 Å². The van der Waals surface area contributed by atoms with Crippen LogP contribution in [0.5, 0.6) is 0 Å². The Bertz CT molecular complexity index is 1020. The first-order valence-corrected chi connectivity index (χ1v) is 8.44. The molecule has 0 spiro atoms. The monoisotopic (exact) mass is 357 g/mol. The average molecular weight is 357 g/mol. The lowest BCUT2D eigenvalue weighted by Crippen LogP contribution is -2.15. The normalized spacial score (nSPS) is 11.1. The molecule has 0 unspecified atom stereocenters. The van der Waals surface area contributed by atoms with Gasteiger partial charge in [-0.25, -0.2) is 9.67 Å². The molecule has 1 aromatic heterocycles. The SMILES string of the molecule is Cc1cc(C)c(NC(=O)/C(C#N)=C\c2ccc(-n3cncn3)cc2)c(C)c1. The van der Waals surface area contributed by atoms with Gasteiger partial charge in [0.25, 0.3) is 5.91 Å². The van der Waals surface area contributed by atoms with E-state index in [1.54, 1.807) is 17.1 Å². The van der Waals surface area contributed by atoms with Crippen LogP contribution < -0.4 is 5.32 Å². The van der Waals surface area contributed by atoms with Crippen molar-refractivity contribution in [3.63, 3.8) is 0 Å². The molecule has 3 aromatic rings. The number of carbonyl (C=O) groups is 1. The molecule has 27 heavy (non-hydrogen) atoms. The molecule has 1 N–H and O–H groups in total. The number of rotatable bonds is 4. The molecule has 6 nitrogen and oxygen atoms in total. The van der Waals surface area contributed by atoms with Crippen molar-refractivity contribution in [3.8, 4) is 11.8 Å². The second-order valence-electron chi connectivity index (χ2n) is 6.33. The van der Waals surface area contributed by atoms with Gasteiger partial charge in [-0.3, -0.25) is 4.79 Å². The number of aromatic nitrogens is 3. The molecule has 0 aliphatic carbocycles. The number of aryl methyl sites for hydroxylation is 3. The molecule has 0 aliphatic heterocycles. The number of anilines is 1. The first kappa shape index (κ1) is 18.1. The third-order valence-electron chi connectivity index (χ3n) is 4.17. The maximum absolute atomic E-state index is 12.6. The maximum Gasteiger partial charge on any atom is 0.266 e. The molecule has 6 heteroatoms. The van der Waals surface area contributed by atoms with Crippen LogP contribution in [0.3, 0.4) is 0 Å². The highest BCUT2D eigenvalue weighted by Crippen LogP contribution is 2.23. The van der Waals surface area contributed by atoms with Crippen LogP contribution in [0.4, 0.5) is 5.69 Å². The number of hydrogen-bond acceptors (Lipinski definition) is 4. The molecule has 2 aromatic carbocycles. The molecule has 1 amide bonds. The molecule has 134 valence electrons. The second-order valence-corrected chi connectivity index (χ2v) is 6.33. The van der Waals surface area contributed by atoms with Crippen LogP contribution in [0, 0.1) is 32.1 Å². The van der Waals surface area contributed by atoms with Crippen molar-refractivity contribution in [2.45, 2.75) is 20.8 Å². The predicted octanol–water partition coefficient (Wildman–Crippen LogP) is 3.74. The Kier molecular flexibility index (Phi) is 5.13. The highest BCUT2D eigenvalue weighted by molar-refractivity contribution is 6.10. The zero-order valence-corrected chi connectivity index (χ0v) is 15.4. The van der Waals surface area contributed by atoms with Gasteiger partial charge in [0.2, 0.25) is 0 Å². The molecule has 1 heterocycles. The van der Waals surface area contributed by atoms with Gasteiger partial charge in [0.1, 0.15) is 24.3 Å². The van der Waals surface area contributed by atoms with E-state index in [9.17, 15) is 10.1 Å². The van der Waals surface area contributed by atoms with E-state index < -0.39 is 5.91 Å². The van der Waals surface area contributed by atoms with E-state index in [1.165, 1.54) is 6.33 Å². The standard InChI is InChI=1S/C21H19N5O/c1-14-8-15(2)20(16(3)9-14)25-21(27)18(11-22)10-17-4-6-19(7-5-17)26-13-23-12-24-26/h4-10,12-13H,1-3H3,(H,25,27)/b18-10-. The molecule has 3 rings (SSSR count). The fourth-order valence-corrected chi connectivity index (χ4v) is 2.94. The number of nitriles is 1. The van der Waals surface area contributed by atoms with Crippen LogP contribution >= 0.6 is 0 Å². The van der Waals surface area contributed by atoms with E-state index in [0.717, 1.165) is 33.6 Å². The van der Waals surface area contributed by atoms with E-state index in [2.05, 4.69) is 15.4 Å². The Hall–Kier alpha value is -3.72. The van der Waals surface area contributed by atoms with Crippen LogP contribution in [0.2, 0.25) is 0 Å². The van der Waals surface area contributed by atoms with Crippen molar-refractivity contribution in [2.24, 2.45) is 0 Å². The molecule has 0 saturated heterocycles. The number of carbonyl (C=O) groups excluding carboxylic acids is 1. The Morgan fingerprint density at radius 1 is 1.15 bits per heavy atom. The van der Waals surface area contributed by atoms with Gasteiger partial charge in [-0.15, -0.1) is 0 Å². The van der Waals surface area contributed by atoms with Crippen molar-refractivity contribution >= 4 is 17.7 Å². The average Bonchev–Trinajstić information content (AvgIpc) is 3.17. The van der Waals surface area contributed by atoms with Crippen molar-refractivity contribution < 1.29 is 4.79 Å². The predicted molar refractivity (Wildman–Crippen MR) is 104 cm³/mol. The molecule has 0 saturated carbocycles. The van der Waals surface area contributed by atoms with Crippen LogP contribution in [0.1, 0.15) is 22.3 Å². The van der Waals surface area contributed by atoms with Gasteiger partial charge >= 0.3 is 0 Å². The highest BCUT2D eigenvalue weighted by atomic mass is 16.1. The summed E-state index contributed by atoms with van der Waals surface area (Å²) >= 11 is 0. The summed E-state index contributed by atoms with van der Waals surface area (Å²) in [4.78, 5) is 16.5. The van der Waals surface area contributed by atoms with Gasteiger partial charge in [0.15, 0.2) is 0 Å². The number of nitrogens with one attached hydrogen (secondary N) is 1. The van der Waals surface area contributed by atoms with Crippen LogP contribution in [-0.2, 0) is 4.79 Å². The number of nitrogens with zero attached hydrogens (tertiary/aromatic N) is 4. The smallest absolute Gasteiger partial charge is 0.266 e. The minimum Gasteiger partial charge on any atom is -0.321 e. The second kappa shape index (κ2) is 7.67. The summed E-state index contributed by atoms with van der Waals surface area (Å²) < 4.78 is 1.63. The zero-order chi connectivity index (χ0) is 19.4. The van der Waals surface area contributed by atoms with Crippen molar-refractivity contribution in [2.75, 3.05) is 5.32 Å². The van der Waals surface area contributed by atoms with Gasteiger partial charge in [-0.1, -0.05) is 29.8 Å². The topological polar surface area (TPSA) is 83.6 Å². The molecular formula is C21H19N5O. The van der Waals surface area contributed by atoms with Gasteiger partial charge in [-0.2, -0.15) is 10.4 Å². The summed E-state index contributed by atoms with van der Waals surface area (Å²) in [5.74, 6) is -0.423. The Balaban J connectivity index is 1.82. The molecular weight excluding hydrogens is 338 g/mol. The lowest BCUT2D eigenvalue weighted by molar-refractivity contribution is -0.112. The Morgan fingerprint density at radius 3 is 2.37 bits per heavy atom. The molecule has 0 fully saturated rings. The van der Waals surface area contributed by atoms with E-state index >= 15 is 0 Å². The lowest BCUT2D eigenvalue weighted by atomic mass is 10.0. The quantitative estimate of drug-likeness (QED) is 0.569. The van der Waals surface area contributed by atoms with Crippen molar-refractivity contribution in [1.29, 1.82) is 5.26 Å². The van der Waals surface area contributed by atoms with Crippen molar-refractivity contribution in [3.05, 3.63) is 76.9 Å². The van der Waals surface area contributed by atoms with Crippen molar-refractivity contribution in [1.82, 2.24) is 14.8 Å². The fraction of sp³-hybridized carbons (Fsp3) is 0.143. The first-order chi connectivity index (χ1) is 13.0. The third-order valence-corrected chi connectivity index (χ3v) is 4.17. The Morgan fingerprint density at radius 2 is 1.81 bits per heavy atom. The number of benzene rings is 2. The van der Waals surface area contributed by atoms with Gasteiger partial charge in [0.05, 0.1) is 5.69 Å². The number of amides is 1. The van der Waals surface area contributed by atoms with Gasteiger partial charge in [-0.05, 0) is 55.7 Å². The van der Waals surface area contributed by atoms with E-state index in [-0.39, 0.29) is 5.57 Å². The van der Waals surface area contributed by atoms with Crippen LogP contribution in [0.25, 0.3) is 11.8 Å². The molecule has 0 bridgehead atoms. The summed E-state index contributed by atoms with van der Waals surface area (Å²) in [6.45, 7) is 5.89. The third kappa shape index (κ3) is 4.10. The van der Waals surface area contributed by atoms with E-state index in [4.69, 9.17) is 0 Å². The highest BCUT2D eigenvalue weighted by Gasteiger charge is 2.13. The lowest BCUT2D eigenvalue weighted by Gasteiger charge is -2.12.